The van der Waals surface area contributed by atoms with E-state index in [9.17, 15) is 4.79 Å². The molecule has 17 heavy (non-hydrogen) atoms. The summed E-state index contributed by atoms with van der Waals surface area (Å²) in [5.41, 5.74) is 0. The Morgan fingerprint density at radius 1 is 1.35 bits per heavy atom. The highest BCUT2D eigenvalue weighted by Crippen LogP contribution is 1.96. The second kappa shape index (κ2) is 6.34. The van der Waals surface area contributed by atoms with Gasteiger partial charge in [-0.25, -0.2) is 0 Å². The molecule has 1 rings (SSSR count). The highest BCUT2D eigenvalue weighted by Gasteiger charge is 2.09. The molecule has 1 N–H and O–H groups in total. The molecule has 6 nitrogen and oxygen atoms in total. The van der Waals surface area contributed by atoms with Crippen LogP contribution in [-0.4, -0.2) is 45.2 Å². The maximum Gasteiger partial charge on any atom is 0.236 e. The first-order chi connectivity index (χ1) is 8.10. The van der Waals surface area contributed by atoms with Crippen molar-refractivity contribution in [1.29, 1.82) is 0 Å². The number of nitrogens with zero attached hydrogens (tertiary/aromatic N) is 4. The standard InChI is InChI=1S/C11H21N5O/c1-5-16(6-2)11(17)8-12-7-10-14-13-9(3)15(10)4/h12H,5-8H2,1-4H3. The van der Waals surface area contributed by atoms with Crippen molar-refractivity contribution in [3.8, 4) is 0 Å². The molecule has 0 spiro atoms. The van der Waals surface area contributed by atoms with E-state index >= 15 is 0 Å². The summed E-state index contributed by atoms with van der Waals surface area (Å²) in [6, 6.07) is 0. The van der Waals surface area contributed by atoms with Crippen LogP contribution in [0.2, 0.25) is 0 Å². The summed E-state index contributed by atoms with van der Waals surface area (Å²) in [6.45, 7) is 8.26. The zero-order chi connectivity index (χ0) is 12.8. The largest absolute Gasteiger partial charge is 0.342 e. The molecule has 0 saturated heterocycles. The van der Waals surface area contributed by atoms with Crippen LogP contribution in [0.25, 0.3) is 0 Å². The van der Waals surface area contributed by atoms with E-state index in [0.29, 0.717) is 13.1 Å². The monoisotopic (exact) mass is 239 g/mol. The highest BCUT2D eigenvalue weighted by atomic mass is 16.2. The number of nitrogens with one attached hydrogen (secondary N) is 1. The minimum absolute atomic E-state index is 0.119. The summed E-state index contributed by atoms with van der Waals surface area (Å²) in [4.78, 5) is 13.5. The summed E-state index contributed by atoms with van der Waals surface area (Å²) >= 11 is 0. The van der Waals surface area contributed by atoms with Gasteiger partial charge in [0, 0.05) is 20.1 Å². The number of likely N-dealkylation sites (N-methyl/N-ethyl adjacent to an activating group) is 1. The van der Waals surface area contributed by atoms with Crippen molar-refractivity contribution >= 4 is 5.91 Å². The Balaban J connectivity index is 2.38. The van der Waals surface area contributed by atoms with Crippen LogP contribution < -0.4 is 5.32 Å². The Kier molecular flexibility index (Phi) is 5.09. The number of rotatable bonds is 6. The summed E-state index contributed by atoms with van der Waals surface area (Å²) in [5, 5.41) is 11.1. The smallest absolute Gasteiger partial charge is 0.236 e. The number of carbonyl (C=O) groups is 1. The molecule has 1 heterocycles. The molecule has 0 saturated carbocycles. The van der Waals surface area contributed by atoms with Crippen molar-refractivity contribution < 1.29 is 4.79 Å². The number of aryl methyl sites for hydroxylation is 1. The lowest BCUT2D eigenvalue weighted by atomic mass is 10.4. The second-order valence-electron chi connectivity index (χ2n) is 3.89. The lowest BCUT2D eigenvalue weighted by molar-refractivity contribution is -0.129. The molecule has 0 aromatic carbocycles. The number of amides is 1. The lowest BCUT2D eigenvalue weighted by Crippen LogP contribution is -2.37. The van der Waals surface area contributed by atoms with Crippen LogP contribution in [0, 0.1) is 6.92 Å². The third-order valence-electron chi connectivity index (χ3n) is 2.86. The Hall–Kier alpha value is -1.43. The second-order valence-corrected chi connectivity index (χ2v) is 3.89. The number of hydrogen-bond acceptors (Lipinski definition) is 4. The van der Waals surface area contributed by atoms with Crippen LogP contribution in [0.15, 0.2) is 0 Å². The van der Waals surface area contributed by atoms with E-state index in [0.717, 1.165) is 24.7 Å². The molecule has 96 valence electrons. The minimum Gasteiger partial charge on any atom is -0.342 e. The summed E-state index contributed by atoms with van der Waals surface area (Å²) in [6.07, 6.45) is 0. The quantitative estimate of drug-likeness (QED) is 0.763. The van der Waals surface area contributed by atoms with E-state index < -0.39 is 0 Å². The van der Waals surface area contributed by atoms with Crippen molar-refractivity contribution in [3.63, 3.8) is 0 Å². The van der Waals surface area contributed by atoms with Gasteiger partial charge in [-0.2, -0.15) is 0 Å². The molecular weight excluding hydrogens is 218 g/mol. The molecule has 1 aromatic rings. The first-order valence-electron chi connectivity index (χ1n) is 5.93. The molecule has 0 aliphatic heterocycles. The molecule has 0 bridgehead atoms. The molecular formula is C11H21N5O. The molecule has 1 amide bonds. The van der Waals surface area contributed by atoms with Gasteiger partial charge >= 0.3 is 0 Å². The normalized spacial score (nSPS) is 10.6. The van der Waals surface area contributed by atoms with Gasteiger partial charge in [0.1, 0.15) is 11.6 Å². The van der Waals surface area contributed by atoms with Crippen molar-refractivity contribution in [1.82, 2.24) is 25.0 Å². The Morgan fingerprint density at radius 2 is 2.00 bits per heavy atom. The van der Waals surface area contributed by atoms with Gasteiger partial charge in [0.25, 0.3) is 0 Å². The minimum atomic E-state index is 0.119. The van der Waals surface area contributed by atoms with Crippen LogP contribution in [-0.2, 0) is 18.4 Å². The van der Waals surface area contributed by atoms with E-state index in [1.54, 1.807) is 4.90 Å². The van der Waals surface area contributed by atoms with Crippen LogP contribution in [0.4, 0.5) is 0 Å². The Bertz CT molecular complexity index is 370. The van der Waals surface area contributed by atoms with Gasteiger partial charge in [-0.05, 0) is 20.8 Å². The molecule has 6 heteroatoms. The average Bonchev–Trinajstić information content (AvgIpc) is 2.62. The van der Waals surface area contributed by atoms with Crippen LogP contribution in [0.1, 0.15) is 25.5 Å². The fourth-order valence-corrected chi connectivity index (χ4v) is 1.57. The zero-order valence-corrected chi connectivity index (χ0v) is 11.0. The van der Waals surface area contributed by atoms with Crippen LogP contribution in [0.3, 0.4) is 0 Å². The molecule has 0 fully saturated rings. The zero-order valence-electron chi connectivity index (χ0n) is 11.0. The van der Waals surface area contributed by atoms with E-state index in [1.807, 2.05) is 32.4 Å². The van der Waals surface area contributed by atoms with Crippen molar-refractivity contribution in [2.45, 2.75) is 27.3 Å². The summed E-state index contributed by atoms with van der Waals surface area (Å²) in [7, 11) is 1.92. The van der Waals surface area contributed by atoms with E-state index in [2.05, 4.69) is 15.5 Å². The molecule has 1 aromatic heterocycles. The fourth-order valence-electron chi connectivity index (χ4n) is 1.57. The SMILES string of the molecule is CCN(CC)C(=O)CNCc1nnc(C)n1C. The molecule has 0 radical (unpaired) electrons. The van der Waals surface area contributed by atoms with Gasteiger partial charge in [-0.15, -0.1) is 10.2 Å². The predicted octanol–water partition coefficient (Wildman–Crippen LogP) is 0.0815. The van der Waals surface area contributed by atoms with Gasteiger partial charge in [-0.1, -0.05) is 0 Å². The summed E-state index contributed by atoms with van der Waals surface area (Å²) < 4.78 is 1.91. The highest BCUT2D eigenvalue weighted by molar-refractivity contribution is 5.78. The average molecular weight is 239 g/mol. The van der Waals surface area contributed by atoms with Gasteiger partial charge in [0.15, 0.2) is 0 Å². The van der Waals surface area contributed by atoms with Crippen LogP contribution in [0.5, 0.6) is 0 Å². The van der Waals surface area contributed by atoms with Crippen LogP contribution >= 0.6 is 0 Å². The van der Waals surface area contributed by atoms with E-state index in [-0.39, 0.29) is 5.91 Å². The van der Waals surface area contributed by atoms with Crippen molar-refractivity contribution in [2.24, 2.45) is 7.05 Å². The van der Waals surface area contributed by atoms with Crippen molar-refractivity contribution in [2.75, 3.05) is 19.6 Å². The maximum atomic E-state index is 11.7. The molecule has 0 aliphatic carbocycles. The van der Waals surface area contributed by atoms with Gasteiger partial charge < -0.3 is 14.8 Å². The lowest BCUT2D eigenvalue weighted by Gasteiger charge is -2.18. The molecule has 0 unspecified atom stereocenters. The first-order valence-corrected chi connectivity index (χ1v) is 5.93. The Morgan fingerprint density at radius 3 is 2.47 bits per heavy atom. The van der Waals surface area contributed by atoms with Gasteiger partial charge in [-0.3, -0.25) is 4.79 Å². The Labute approximate surface area is 102 Å². The molecule has 0 aliphatic rings. The molecule has 0 atom stereocenters. The fraction of sp³-hybridized carbons (Fsp3) is 0.727. The van der Waals surface area contributed by atoms with E-state index in [1.165, 1.54) is 0 Å². The topological polar surface area (TPSA) is 63.1 Å². The van der Waals surface area contributed by atoms with E-state index in [4.69, 9.17) is 0 Å². The summed E-state index contributed by atoms with van der Waals surface area (Å²) in [5.74, 6) is 1.83. The number of aromatic nitrogens is 3. The predicted molar refractivity (Wildman–Crippen MR) is 65.4 cm³/mol. The number of hydrogen-bond donors (Lipinski definition) is 1. The number of carbonyl (C=O) groups excluding carboxylic acids is 1. The van der Waals surface area contributed by atoms with Gasteiger partial charge in [0.2, 0.25) is 5.91 Å². The van der Waals surface area contributed by atoms with Gasteiger partial charge in [0.05, 0.1) is 13.1 Å². The maximum absolute atomic E-state index is 11.7. The first kappa shape index (κ1) is 13.6. The third-order valence-corrected chi connectivity index (χ3v) is 2.86. The van der Waals surface area contributed by atoms with Crippen molar-refractivity contribution in [3.05, 3.63) is 11.6 Å². The third kappa shape index (κ3) is 3.52.